The zero-order chi connectivity index (χ0) is 12.3. The quantitative estimate of drug-likeness (QED) is 0.431. The second-order valence-electron chi connectivity index (χ2n) is 5.45. The van der Waals surface area contributed by atoms with Gasteiger partial charge in [-0.05, 0) is 31.1 Å². The second-order valence-corrected chi connectivity index (χ2v) is 5.45. The molecule has 1 N–H and O–H groups in total. The minimum Gasteiger partial charge on any atom is -0.379 e. The highest BCUT2D eigenvalue weighted by molar-refractivity contribution is 5.80. The molecule has 2 fully saturated rings. The Kier molecular flexibility index (Phi) is 4.26. The van der Waals surface area contributed by atoms with Gasteiger partial charge < -0.3 is 15.0 Å². The molecule has 0 amide bonds. The zero-order valence-electron chi connectivity index (χ0n) is 11.3. The van der Waals surface area contributed by atoms with Gasteiger partial charge in [-0.1, -0.05) is 6.92 Å². The Balaban J connectivity index is 1.59. The SMILES string of the molecule is CN=C(N[C@@H]1C[C@H]1C)N(C)CCOCC1CC1. The molecule has 0 unspecified atom stereocenters. The van der Waals surface area contributed by atoms with Crippen LogP contribution in [0.15, 0.2) is 4.99 Å². The lowest BCUT2D eigenvalue weighted by atomic mass is 10.4. The normalized spacial score (nSPS) is 28.1. The Morgan fingerprint density at radius 1 is 1.47 bits per heavy atom. The van der Waals surface area contributed by atoms with Crippen LogP contribution in [-0.4, -0.2) is 50.8 Å². The lowest BCUT2D eigenvalue weighted by Gasteiger charge is -2.22. The summed E-state index contributed by atoms with van der Waals surface area (Å²) in [5.41, 5.74) is 0. The molecule has 0 aliphatic heterocycles. The molecule has 0 aromatic rings. The van der Waals surface area contributed by atoms with Crippen molar-refractivity contribution in [3.8, 4) is 0 Å². The molecule has 2 rings (SSSR count). The highest BCUT2D eigenvalue weighted by Crippen LogP contribution is 2.29. The highest BCUT2D eigenvalue weighted by Gasteiger charge is 2.33. The summed E-state index contributed by atoms with van der Waals surface area (Å²) >= 11 is 0. The number of nitrogens with one attached hydrogen (secondary N) is 1. The molecule has 0 bridgehead atoms. The number of nitrogens with zero attached hydrogens (tertiary/aromatic N) is 2. The van der Waals surface area contributed by atoms with E-state index in [1.54, 1.807) is 0 Å². The van der Waals surface area contributed by atoms with E-state index in [1.165, 1.54) is 19.3 Å². The molecule has 2 aliphatic carbocycles. The van der Waals surface area contributed by atoms with Gasteiger partial charge in [0.15, 0.2) is 5.96 Å². The molecule has 2 saturated carbocycles. The van der Waals surface area contributed by atoms with Gasteiger partial charge in [0.1, 0.15) is 0 Å². The van der Waals surface area contributed by atoms with Gasteiger partial charge in [0, 0.05) is 33.3 Å². The molecule has 0 heterocycles. The molecule has 0 radical (unpaired) electrons. The summed E-state index contributed by atoms with van der Waals surface area (Å²) in [4.78, 5) is 6.46. The number of hydrogen-bond acceptors (Lipinski definition) is 2. The van der Waals surface area contributed by atoms with Crippen molar-refractivity contribution in [3.63, 3.8) is 0 Å². The average molecular weight is 239 g/mol. The largest absolute Gasteiger partial charge is 0.379 e. The summed E-state index contributed by atoms with van der Waals surface area (Å²) in [5, 5.41) is 3.47. The Hall–Kier alpha value is -0.770. The lowest BCUT2D eigenvalue weighted by Crippen LogP contribution is -2.42. The number of likely N-dealkylation sites (N-methyl/N-ethyl adjacent to an activating group) is 1. The van der Waals surface area contributed by atoms with E-state index in [1.807, 2.05) is 7.05 Å². The first kappa shape index (κ1) is 12.7. The molecule has 0 saturated heterocycles. The van der Waals surface area contributed by atoms with Crippen molar-refractivity contribution >= 4 is 5.96 Å². The van der Waals surface area contributed by atoms with Crippen LogP contribution in [0.4, 0.5) is 0 Å². The van der Waals surface area contributed by atoms with Gasteiger partial charge in [0.25, 0.3) is 0 Å². The van der Waals surface area contributed by atoms with Crippen LogP contribution in [-0.2, 0) is 4.74 Å². The number of aliphatic imine (C=N–C) groups is 1. The fourth-order valence-electron chi connectivity index (χ4n) is 1.88. The van der Waals surface area contributed by atoms with E-state index in [4.69, 9.17) is 4.74 Å². The van der Waals surface area contributed by atoms with Crippen LogP contribution in [0.2, 0.25) is 0 Å². The van der Waals surface area contributed by atoms with Crippen molar-refractivity contribution in [2.45, 2.75) is 32.2 Å². The van der Waals surface area contributed by atoms with E-state index in [-0.39, 0.29) is 0 Å². The Labute approximate surface area is 104 Å². The van der Waals surface area contributed by atoms with Gasteiger partial charge in [-0.2, -0.15) is 0 Å². The van der Waals surface area contributed by atoms with Gasteiger partial charge in [-0.15, -0.1) is 0 Å². The molecule has 2 atom stereocenters. The maximum absolute atomic E-state index is 5.64. The van der Waals surface area contributed by atoms with Crippen LogP contribution in [0.3, 0.4) is 0 Å². The standard InChI is InChI=1S/C13H25N3O/c1-10-8-12(10)15-13(14-2)16(3)6-7-17-9-11-4-5-11/h10-12H,4-9H2,1-3H3,(H,14,15)/t10-,12-/m1/s1. The van der Waals surface area contributed by atoms with E-state index in [9.17, 15) is 0 Å². The Morgan fingerprint density at radius 2 is 2.18 bits per heavy atom. The van der Waals surface area contributed by atoms with Crippen LogP contribution in [0, 0.1) is 11.8 Å². The molecule has 17 heavy (non-hydrogen) atoms. The summed E-state index contributed by atoms with van der Waals surface area (Å²) in [6.45, 7) is 4.92. The van der Waals surface area contributed by atoms with Crippen LogP contribution in [0.1, 0.15) is 26.2 Å². The molecule has 4 nitrogen and oxygen atoms in total. The summed E-state index contributed by atoms with van der Waals surface area (Å²) < 4.78 is 5.64. The molecule has 0 aromatic heterocycles. The van der Waals surface area contributed by atoms with Crippen molar-refractivity contribution in [2.75, 3.05) is 33.9 Å². The van der Waals surface area contributed by atoms with Crippen LogP contribution in [0.5, 0.6) is 0 Å². The van der Waals surface area contributed by atoms with Crippen molar-refractivity contribution in [3.05, 3.63) is 0 Å². The van der Waals surface area contributed by atoms with E-state index in [0.29, 0.717) is 6.04 Å². The molecular formula is C13H25N3O. The van der Waals surface area contributed by atoms with Crippen molar-refractivity contribution in [2.24, 2.45) is 16.8 Å². The molecule has 0 spiro atoms. The number of guanidine groups is 1. The Morgan fingerprint density at radius 3 is 2.71 bits per heavy atom. The second kappa shape index (κ2) is 5.71. The fourth-order valence-corrected chi connectivity index (χ4v) is 1.88. The predicted molar refractivity (Wildman–Crippen MR) is 70.2 cm³/mol. The predicted octanol–water partition coefficient (Wildman–Crippen LogP) is 1.33. The topological polar surface area (TPSA) is 36.9 Å². The number of rotatable bonds is 6. The first-order chi connectivity index (χ1) is 8.20. The molecule has 4 heteroatoms. The van der Waals surface area contributed by atoms with Gasteiger partial charge in [0.05, 0.1) is 6.61 Å². The first-order valence-electron chi connectivity index (χ1n) is 6.73. The van der Waals surface area contributed by atoms with Crippen LogP contribution in [0.25, 0.3) is 0 Å². The smallest absolute Gasteiger partial charge is 0.193 e. The molecular weight excluding hydrogens is 214 g/mol. The van der Waals surface area contributed by atoms with E-state index < -0.39 is 0 Å². The van der Waals surface area contributed by atoms with Crippen molar-refractivity contribution < 1.29 is 4.74 Å². The minimum atomic E-state index is 0.628. The van der Waals surface area contributed by atoms with Crippen molar-refractivity contribution in [1.82, 2.24) is 10.2 Å². The summed E-state index contributed by atoms with van der Waals surface area (Å²) in [5.74, 6) is 2.64. The van der Waals surface area contributed by atoms with Gasteiger partial charge in [0.2, 0.25) is 0 Å². The van der Waals surface area contributed by atoms with E-state index >= 15 is 0 Å². The third kappa shape index (κ3) is 4.19. The third-order valence-electron chi connectivity index (χ3n) is 3.62. The van der Waals surface area contributed by atoms with Gasteiger partial charge in [-0.25, -0.2) is 0 Å². The number of hydrogen-bond donors (Lipinski definition) is 1. The van der Waals surface area contributed by atoms with E-state index in [2.05, 4.69) is 29.2 Å². The molecule has 98 valence electrons. The fraction of sp³-hybridized carbons (Fsp3) is 0.923. The maximum atomic E-state index is 5.64. The zero-order valence-corrected chi connectivity index (χ0v) is 11.3. The summed E-state index contributed by atoms with van der Waals surface area (Å²) in [6, 6.07) is 0.628. The first-order valence-corrected chi connectivity index (χ1v) is 6.73. The highest BCUT2D eigenvalue weighted by atomic mass is 16.5. The lowest BCUT2D eigenvalue weighted by molar-refractivity contribution is 0.115. The van der Waals surface area contributed by atoms with Gasteiger partial charge >= 0.3 is 0 Å². The average Bonchev–Trinajstić information content (AvgIpc) is 3.20. The van der Waals surface area contributed by atoms with Gasteiger partial charge in [-0.3, -0.25) is 4.99 Å². The molecule has 0 aromatic carbocycles. The number of ether oxygens (including phenoxy) is 1. The molecule has 2 aliphatic rings. The Bertz CT molecular complexity index is 276. The van der Waals surface area contributed by atoms with Crippen LogP contribution < -0.4 is 5.32 Å². The monoisotopic (exact) mass is 239 g/mol. The van der Waals surface area contributed by atoms with E-state index in [0.717, 1.165) is 37.6 Å². The van der Waals surface area contributed by atoms with Crippen molar-refractivity contribution in [1.29, 1.82) is 0 Å². The third-order valence-corrected chi connectivity index (χ3v) is 3.62. The summed E-state index contributed by atoms with van der Waals surface area (Å²) in [7, 11) is 3.92. The minimum absolute atomic E-state index is 0.628. The maximum Gasteiger partial charge on any atom is 0.193 e. The van der Waals surface area contributed by atoms with Crippen LogP contribution >= 0.6 is 0 Å². The summed E-state index contributed by atoms with van der Waals surface area (Å²) in [6.07, 6.45) is 3.99.